The van der Waals surface area contributed by atoms with Gasteiger partial charge < -0.3 is 70.0 Å². The normalized spacial score (nSPS) is 50.7. The van der Waals surface area contributed by atoms with Gasteiger partial charge in [-0.2, -0.15) is 0 Å². The molecule has 3 aliphatic rings. The topological polar surface area (TPSA) is 283 Å². The lowest BCUT2D eigenvalue weighted by atomic mass is 9.92. The van der Waals surface area contributed by atoms with Crippen molar-refractivity contribution in [3.63, 3.8) is 0 Å². The van der Waals surface area contributed by atoms with E-state index in [0.29, 0.717) is 0 Å². The molecule has 190 valence electrons. The van der Waals surface area contributed by atoms with Crippen molar-refractivity contribution >= 4 is 11.9 Å². The second-order valence-electron chi connectivity index (χ2n) is 7.61. The molecule has 0 amide bonds. The average Bonchev–Trinajstić information content (AvgIpc) is 3.03. The molecule has 0 spiro atoms. The third-order valence-electron chi connectivity index (χ3n) is 5.52. The van der Waals surface area contributed by atoms with E-state index < -0.39 is 98.1 Å². The predicted octanol–water partition coefficient (Wildman–Crippen LogP) is -7.92. The first-order valence-electron chi connectivity index (χ1n) is 9.48. The van der Waals surface area contributed by atoms with Crippen LogP contribution in [-0.4, -0.2) is 149 Å². The molecule has 0 radical (unpaired) electrons. The molecule has 3 fully saturated rings. The number of carbonyl (C=O) groups is 2. The lowest BCUT2D eigenvalue weighted by Crippen LogP contribution is -2.79. The minimum absolute atomic E-state index is 0.943. The van der Waals surface area contributed by atoms with Crippen molar-refractivity contribution in [1.82, 2.24) is 0 Å². The molecule has 0 aromatic heterocycles. The number of fused-ring (bicyclic) bond motifs is 1. The van der Waals surface area contributed by atoms with Crippen LogP contribution in [-0.2, 0) is 33.3 Å². The average molecular weight is 488 g/mol. The predicted molar refractivity (Wildman–Crippen MR) is 90.7 cm³/mol. The van der Waals surface area contributed by atoms with E-state index in [-0.39, 0.29) is 0 Å². The molecule has 0 saturated carbocycles. The van der Waals surface area contributed by atoms with Gasteiger partial charge in [0.25, 0.3) is 0 Å². The van der Waals surface area contributed by atoms with Gasteiger partial charge in [-0.3, -0.25) is 4.74 Å². The summed E-state index contributed by atoms with van der Waals surface area (Å²) in [6.07, 6.45) is -18.1. The Morgan fingerprint density at radius 1 is 0.758 bits per heavy atom. The highest BCUT2D eigenvalue weighted by molar-refractivity contribution is 5.86. The van der Waals surface area contributed by atoms with Crippen LogP contribution in [0.3, 0.4) is 0 Å². The van der Waals surface area contributed by atoms with E-state index >= 15 is 0 Å². The summed E-state index contributed by atoms with van der Waals surface area (Å²) < 4.78 is 24.8. The van der Waals surface area contributed by atoms with Gasteiger partial charge in [-0.25, -0.2) is 9.59 Å². The summed E-state index contributed by atoms with van der Waals surface area (Å²) in [4.78, 5) is 24.5. The molecule has 11 atom stereocenters. The second-order valence-corrected chi connectivity index (χ2v) is 7.61. The fourth-order valence-electron chi connectivity index (χ4n) is 3.60. The number of aliphatic hydroxyl groups is 10. The molecule has 3 aliphatic heterocycles. The number of hydrogen-bond donors (Lipinski definition) is 10. The van der Waals surface area contributed by atoms with Crippen molar-refractivity contribution in [3.05, 3.63) is 0 Å². The van der Waals surface area contributed by atoms with E-state index in [9.17, 15) is 60.7 Å². The van der Waals surface area contributed by atoms with Crippen molar-refractivity contribution in [3.8, 4) is 0 Å². The van der Waals surface area contributed by atoms with Gasteiger partial charge in [0.05, 0.1) is 13.2 Å². The minimum Gasteiger partial charge on any atom is -0.418 e. The molecule has 17 nitrogen and oxygen atoms in total. The Kier molecular flexibility index (Phi) is 7.01. The summed E-state index contributed by atoms with van der Waals surface area (Å²) in [5.41, 5.74) is 0. The highest BCUT2D eigenvalue weighted by Crippen LogP contribution is 2.47. The number of rotatable bonds is 5. The molecule has 10 N–H and O–H groups in total. The molecule has 3 rings (SSSR count). The third-order valence-corrected chi connectivity index (χ3v) is 5.52. The standard InChI is InChI=1S/C16H24O17/c17-1-4-6(20)10(24)14(3-19,29-4)33-16-15(28,11(25)7(21)5(2-18)30-16)31-12(26)8(22)9(23)13(27)32-16/h4-11,17-25,28H,1-3H2/t4-,5-,6-,7-,8?,9?,10+,11+,14?,15+,16+/m1/s1. The van der Waals surface area contributed by atoms with Crippen LogP contribution < -0.4 is 0 Å². The molecule has 0 aliphatic carbocycles. The number of esters is 2. The Balaban J connectivity index is 2.18. The Hall–Kier alpha value is -1.58. The molecule has 3 unspecified atom stereocenters. The third kappa shape index (κ3) is 3.80. The first-order chi connectivity index (χ1) is 15.3. The van der Waals surface area contributed by atoms with Gasteiger partial charge in [0.15, 0.2) is 18.3 Å². The monoisotopic (exact) mass is 488 g/mol. The van der Waals surface area contributed by atoms with Gasteiger partial charge >= 0.3 is 23.7 Å². The zero-order valence-electron chi connectivity index (χ0n) is 16.6. The van der Waals surface area contributed by atoms with Crippen LogP contribution in [0.1, 0.15) is 0 Å². The number of aliphatic hydroxyl groups excluding tert-OH is 9. The summed E-state index contributed by atoms with van der Waals surface area (Å²) in [5, 5.41) is 100. The molecule has 3 heterocycles. The molecule has 33 heavy (non-hydrogen) atoms. The fraction of sp³-hybridized carbons (Fsp3) is 0.875. The Morgan fingerprint density at radius 3 is 1.73 bits per heavy atom. The highest BCUT2D eigenvalue weighted by atomic mass is 17.0. The van der Waals surface area contributed by atoms with E-state index in [1.54, 1.807) is 0 Å². The van der Waals surface area contributed by atoms with Gasteiger partial charge in [-0.1, -0.05) is 0 Å². The first kappa shape index (κ1) is 26.0. The maximum absolute atomic E-state index is 12.4. The molecule has 0 bridgehead atoms. The fourth-order valence-corrected chi connectivity index (χ4v) is 3.60. The first-order valence-corrected chi connectivity index (χ1v) is 9.48. The molecular weight excluding hydrogens is 464 g/mol. The van der Waals surface area contributed by atoms with Crippen molar-refractivity contribution in [2.45, 2.75) is 66.4 Å². The largest absolute Gasteiger partial charge is 0.418 e. The quantitative estimate of drug-likeness (QED) is 0.161. The lowest BCUT2D eigenvalue weighted by Gasteiger charge is -2.54. The number of hydrogen-bond acceptors (Lipinski definition) is 17. The highest BCUT2D eigenvalue weighted by Gasteiger charge is 2.76. The van der Waals surface area contributed by atoms with Crippen LogP contribution in [0.5, 0.6) is 0 Å². The van der Waals surface area contributed by atoms with Crippen LogP contribution in [0.25, 0.3) is 0 Å². The van der Waals surface area contributed by atoms with Gasteiger partial charge in [0, 0.05) is 0 Å². The molecular formula is C16H24O17. The van der Waals surface area contributed by atoms with Crippen molar-refractivity contribution < 1.29 is 84.3 Å². The van der Waals surface area contributed by atoms with Crippen LogP contribution in [0.15, 0.2) is 0 Å². The van der Waals surface area contributed by atoms with Crippen LogP contribution in [0.2, 0.25) is 0 Å². The van der Waals surface area contributed by atoms with Crippen LogP contribution in [0, 0.1) is 0 Å². The van der Waals surface area contributed by atoms with Gasteiger partial charge in [-0.15, -0.1) is 0 Å². The number of ether oxygens (including phenoxy) is 5. The summed E-state index contributed by atoms with van der Waals surface area (Å²) >= 11 is 0. The zero-order chi connectivity index (χ0) is 24.9. The van der Waals surface area contributed by atoms with E-state index in [0.717, 1.165) is 0 Å². The Bertz CT molecular complexity index is 763. The summed E-state index contributed by atoms with van der Waals surface area (Å²) in [6.45, 7) is -3.50. The maximum atomic E-state index is 12.4. The van der Waals surface area contributed by atoms with Crippen molar-refractivity contribution in [2.24, 2.45) is 0 Å². The Labute approximate surface area is 183 Å². The van der Waals surface area contributed by atoms with E-state index in [2.05, 4.69) is 4.74 Å². The van der Waals surface area contributed by atoms with E-state index in [1.807, 2.05) is 0 Å². The SMILES string of the molecule is O=C1O[C@@]2(OC3(CO)O[C@H](CO)[C@@H](O)[C@@H]3O)O[C@H](CO)[C@@H](O)[C@H](O)[C@]2(O)OC(=O)C(O)C1O. The minimum atomic E-state index is -3.79. The van der Waals surface area contributed by atoms with Gasteiger partial charge in [0.1, 0.15) is 37.1 Å². The molecule has 0 aromatic rings. The Morgan fingerprint density at radius 2 is 1.24 bits per heavy atom. The van der Waals surface area contributed by atoms with E-state index in [1.165, 1.54) is 0 Å². The summed E-state index contributed by atoms with van der Waals surface area (Å²) in [7, 11) is 0. The summed E-state index contributed by atoms with van der Waals surface area (Å²) in [6, 6.07) is 0. The van der Waals surface area contributed by atoms with Crippen molar-refractivity contribution in [2.75, 3.05) is 19.8 Å². The van der Waals surface area contributed by atoms with Crippen LogP contribution in [0.4, 0.5) is 0 Å². The van der Waals surface area contributed by atoms with Crippen LogP contribution >= 0.6 is 0 Å². The molecule has 0 aromatic carbocycles. The second kappa shape index (κ2) is 8.89. The van der Waals surface area contributed by atoms with E-state index in [4.69, 9.17) is 18.9 Å². The smallest absolute Gasteiger partial charge is 0.405 e. The van der Waals surface area contributed by atoms with Crippen molar-refractivity contribution in [1.29, 1.82) is 0 Å². The van der Waals surface area contributed by atoms with Gasteiger partial charge in [-0.05, 0) is 0 Å². The molecule has 17 heteroatoms. The number of carbonyl (C=O) groups excluding carboxylic acids is 2. The summed E-state index contributed by atoms with van der Waals surface area (Å²) in [5.74, 6) is -14.3. The van der Waals surface area contributed by atoms with Gasteiger partial charge in [0.2, 0.25) is 5.79 Å². The zero-order valence-corrected chi connectivity index (χ0v) is 16.6. The molecule has 3 saturated heterocycles. The maximum Gasteiger partial charge on any atom is 0.405 e. The lowest BCUT2D eigenvalue weighted by molar-refractivity contribution is -0.556.